The van der Waals surface area contributed by atoms with Crippen molar-refractivity contribution in [2.45, 2.75) is 50.5 Å². The number of fused-ring (bicyclic) bond motifs is 3. The van der Waals surface area contributed by atoms with Crippen molar-refractivity contribution in [3.63, 3.8) is 0 Å². The van der Waals surface area contributed by atoms with Crippen LogP contribution in [0.4, 0.5) is 5.69 Å². The summed E-state index contributed by atoms with van der Waals surface area (Å²) in [5.74, 6) is -0.207. The van der Waals surface area contributed by atoms with Crippen molar-refractivity contribution < 1.29 is 4.79 Å². The Balaban J connectivity index is 1.97. The van der Waals surface area contributed by atoms with E-state index < -0.39 is 0 Å². The van der Waals surface area contributed by atoms with Gasteiger partial charge in [-0.1, -0.05) is 38.0 Å². The summed E-state index contributed by atoms with van der Waals surface area (Å²) in [7, 11) is 0. The van der Waals surface area contributed by atoms with E-state index in [1.807, 2.05) is 0 Å². The fraction of sp³-hybridized carbons (Fsp3) is 0.562. The van der Waals surface area contributed by atoms with Gasteiger partial charge in [0.1, 0.15) is 0 Å². The van der Waals surface area contributed by atoms with Crippen LogP contribution >= 0.6 is 0 Å². The molecule has 1 saturated carbocycles. The molecule has 1 amide bonds. The Kier molecular flexibility index (Phi) is 3.00. The summed E-state index contributed by atoms with van der Waals surface area (Å²) in [5, 5.41) is 0. The second-order valence-electron chi connectivity index (χ2n) is 6.11. The molecule has 3 nitrogen and oxygen atoms in total. The molecule has 1 aromatic carbocycles. The van der Waals surface area contributed by atoms with E-state index in [9.17, 15) is 4.79 Å². The normalized spacial score (nSPS) is 28.9. The largest absolute Gasteiger partial charge is 0.370 e. The summed E-state index contributed by atoms with van der Waals surface area (Å²) >= 11 is 0. The maximum Gasteiger partial charge on any atom is 0.219 e. The third-order valence-electron chi connectivity index (χ3n) is 4.96. The number of benzene rings is 1. The zero-order chi connectivity index (χ0) is 13.5. The van der Waals surface area contributed by atoms with Crippen LogP contribution in [0.1, 0.15) is 44.6 Å². The highest BCUT2D eigenvalue weighted by molar-refractivity contribution is 5.75. The molecular formula is C16H22N2O. The summed E-state index contributed by atoms with van der Waals surface area (Å²) < 4.78 is 0. The van der Waals surface area contributed by atoms with E-state index in [4.69, 9.17) is 5.73 Å². The molecule has 1 fully saturated rings. The molecule has 0 radical (unpaired) electrons. The maximum absolute atomic E-state index is 11.1. The first-order valence-corrected chi connectivity index (χ1v) is 7.27. The third-order valence-corrected chi connectivity index (χ3v) is 4.96. The lowest BCUT2D eigenvalue weighted by atomic mass is 9.69. The summed E-state index contributed by atoms with van der Waals surface area (Å²) in [6, 6.07) is 9.22. The number of amides is 1. The first-order chi connectivity index (χ1) is 9.13. The standard InChI is InChI=1S/C16H22N2O/c1-16-10-5-4-8-14(16)18(11-9-15(17)19)13-7-3-2-6-12(13)16/h2-3,6-7,14H,4-5,8-11H2,1H3,(H2,17,19)/t14-,16+/m0/s1. The highest BCUT2D eigenvalue weighted by atomic mass is 16.1. The molecule has 2 atom stereocenters. The van der Waals surface area contributed by atoms with Gasteiger partial charge < -0.3 is 10.6 Å². The molecule has 0 spiro atoms. The number of carbonyl (C=O) groups is 1. The molecule has 1 aliphatic heterocycles. The van der Waals surface area contributed by atoms with Crippen molar-refractivity contribution in [2.75, 3.05) is 11.4 Å². The third kappa shape index (κ3) is 1.92. The molecule has 0 aromatic heterocycles. The predicted octanol–water partition coefficient (Wildman–Crippen LogP) is 2.58. The van der Waals surface area contributed by atoms with E-state index >= 15 is 0 Å². The van der Waals surface area contributed by atoms with Crippen LogP contribution in [0.3, 0.4) is 0 Å². The van der Waals surface area contributed by atoms with E-state index in [0.717, 1.165) is 6.54 Å². The molecule has 2 N–H and O–H groups in total. The van der Waals surface area contributed by atoms with E-state index in [0.29, 0.717) is 12.5 Å². The number of hydrogen-bond donors (Lipinski definition) is 1. The lowest BCUT2D eigenvalue weighted by Gasteiger charge is -2.40. The highest BCUT2D eigenvalue weighted by Crippen LogP contribution is 2.51. The number of para-hydroxylation sites is 1. The van der Waals surface area contributed by atoms with E-state index in [1.54, 1.807) is 0 Å². The molecule has 2 aliphatic rings. The number of anilines is 1. The Bertz CT molecular complexity index is 499. The summed E-state index contributed by atoms with van der Waals surface area (Å²) in [6.07, 6.45) is 5.53. The number of rotatable bonds is 3. The topological polar surface area (TPSA) is 46.3 Å². The number of nitrogens with zero attached hydrogens (tertiary/aromatic N) is 1. The van der Waals surface area contributed by atoms with E-state index in [1.165, 1.54) is 36.9 Å². The highest BCUT2D eigenvalue weighted by Gasteiger charge is 2.48. The van der Waals surface area contributed by atoms with Gasteiger partial charge in [-0.25, -0.2) is 0 Å². The molecule has 0 unspecified atom stereocenters. The molecule has 0 bridgehead atoms. The average molecular weight is 258 g/mol. The average Bonchev–Trinajstić information content (AvgIpc) is 2.66. The van der Waals surface area contributed by atoms with Crippen LogP contribution in [0.15, 0.2) is 24.3 Å². The maximum atomic E-state index is 11.1. The monoisotopic (exact) mass is 258 g/mol. The number of primary amides is 1. The number of carbonyl (C=O) groups excluding carboxylic acids is 1. The van der Waals surface area contributed by atoms with Gasteiger partial charge in [0.25, 0.3) is 0 Å². The molecular weight excluding hydrogens is 236 g/mol. The van der Waals surface area contributed by atoms with E-state index in [-0.39, 0.29) is 11.3 Å². The molecule has 3 heteroatoms. The number of nitrogens with two attached hydrogens (primary N) is 1. The summed E-state index contributed by atoms with van der Waals surface area (Å²) in [4.78, 5) is 13.5. The zero-order valence-corrected chi connectivity index (χ0v) is 11.6. The minimum atomic E-state index is -0.207. The minimum Gasteiger partial charge on any atom is -0.370 e. The molecule has 1 aromatic rings. The summed E-state index contributed by atoms with van der Waals surface area (Å²) in [6.45, 7) is 3.15. The molecule has 19 heavy (non-hydrogen) atoms. The van der Waals surface area contributed by atoms with Crippen molar-refractivity contribution in [1.29, 1.82) is 0 Å². The Hall–Kier alpha value is -1.51. The van der Waals surface area contributed by atoms with Crippen LogP contribution in [-0.2, 0) is 10.2 Å². The van der Waals surface area contributed by atoms with Crippen LogP contribution in [-0.4, -0.2) is 18.5 Å². The van der Waals surface area contributed by atoms with Crippen molar-refractivity contribution >= 4 is 11.6 Å². The minimum absolute atomic E-state index is 0.207. The van der Waals surface area contributed by atoms with Gasteiger partial charge in [-0.3, -0.25) is 4.79 Å². The van der Waals surface area contributed by atoms with Crippen LogP contribution < -0.4 is 10.6 Å². The molecule has 102 valence electrons. The van der Waals surface area contributed by atoms with Gasteiger partial charge in [-0.2, -0.15) is 0 Å². The fourth-order valence-corrected chi connectivity index (χ4v) is 4.01. The zero-order valence-electron chi connectivity index (χ0n) is 11.6. The second-order valence-corrected chi connectivity index (χ2v) is 6.11. The Labute approximate surface area is 114 Å². The van der Waals surface area contributed by atoms with Gasteiger partial charge in [-0.15, -0.1) is 0 Å². The lowest BCUT2D eigenvalue weighted by Crippen LogP contribution is -2.46. The van der Waals surface area contributed by atoms with Crippen LogP contribution in [0, 0.1) is 0 Å². The Morgan fingerprint density at radius 3 is 3.00 bits per heavy atom. The second kappa shape index (κ2) is 4.55. The summed E-state index contributed by atoms with van der Waals surface area (Å²) in [5.41, 5.74) is 8.36. The molecule has 0 saturated heterocycles. The van der Waals surface area contributed by atoms with Crippen molar-refractivity contribution in [1.82, 2.24) is 0 Å². The quantitative estimate of drug-likeness (QED) is 0.905. The van der Waals surface area contributed by atoms with Gasteiger partial charge in [0.05, 0.1) is 0 Å². The first-order valence-electron chi connectivity index (χ1n) is 7.27. The molecule has 1 aliphatic carbocycles. The van der Waals surface area contributed by atoms with Gasteiger partial charge in [0.15, 0.2) is 0 Å². The fourth-order valence-electron chi connectivity index (χ4n) is 4.01. The van der Waals surface area contributed by atoms with Gasteiger partial charge >= 0.3 is 0 Å². The molecule has 1 heterocycles. The van der Waals surface area contributed by atoms with Crippen molar-refractivity contribution in [2.24, 2.45) is 5.73 Å². The lowest BCUT2D eigenvalue weighted by molar-refractivity contribution is -0.117. The Morgan fingerprint density at radius 1 is 1.42 bits per heavy atom. The SMILES string of the molecule is C[C@]12CCCC[C@@H]1N(CCC(N)=O)c1ccccc12. The van der Waals surface area contributed by atoms with Crippen LogP contribution in [0.25, 0.3) is 0 Å². The van der Waals surface area contributed by atoms with Crippen molar-refractivity contribution in [3.05, 3.63) is 29.8 Å². The smallest absolute Gasteiger partial charge is 0.219 e. The van der Waals surface area contributed by atoms with Crippen LogP contribution in [0.2, 0.25) is 0 Å². The van der Waals surface area contributed by atoms with Gasteiger partial charge in [0.2, 0.25) is 5.91 Å². The Morgan fingerprint density at radius 2 is 2.21 bits per heavy atom. The van der Waals surface area contributed by atoms with Crippen LogP contribution in [0.5, 0.6) is 0 Å². The predicted molar refractivity (Wildman–Crippen MR) is 77.2 cm³/mol. The number of hydrogen-bond acceptors (Lipinski definition) is 2. The van der Waals surface area contributed by atoms with Crippen molar-refractivity contribution in [3.8, 4) is 0 Å². The first kappa shape index (κ1) is 12.5. The van der Waals surface area contributed by atoms with Gasteiger partial charge in [-0.05, 0) is 24.5 Å². The molecule has 3 rings (SSSR count). The van der Waals surface area contributed by atoms with Gasteiger partial charge in [0, 0.05) is 30.1 Å². The van der Waals surface area contributed by atoms with E-state index in [2.05, 4.69) is 36.1 Å².